The molecule has 0 aliphatic rings. The van der Waals surface area contributed by atoms with E-state index in [4.69, 9.17) is 4.42 Å². The number of fused-ring (bicyclic) bond motifs is 1. The summed E-state index contributed by atoms with van der Waals surface area (Å²) >= 11 is 0. The van der Waals surface area contributed by atoms with Crippen LogP contribution in [0.25, 0.3) is 11.1 Å². The molecule has 8 nitrogen and oxygen atoms in total. The van der Waals surface area contributed by atoms with Gasteiger partial charge in [-0.1, -0.05) is 6.07 Å². The van der Waals surface area contributed by atoms with Gasteiger partial charge < -0.3 is 9.73 Å². The second kappa shape index (κ2) is 6.47. The van der Waals surface area contributed by atoms with E-state index in [2.05, 4.69) is 15.4 Å². The molecule has 0 bridgehead atoms. The standard InChI is InChI=1S/C15H17N5O3/c1-11-2-3-13-12(8-11)20(15(22)23-13)6-4-14(21)17-5-7-19-10-16-9-18-19/h2-3,8-10H,4-7H2,1H3,(H,17,21). The van der Waals surface area contributed by atoms with E-state index in [0.29, 0.717) is 24.2 Å². The van der Waals surface area contributed by atoms with E-state index < -0.39 is 5.76 Å². The largest absolute Gasteiger partial charge is 0.419 e. The van der Waals surface area contributed by atoms with E-state index in [1.54, 1.807) is 17.1 Å². The zero-order chi connectivity index (χ0) is 16.2. The molecule has 2 heterocycles. The highest BCUT2D eigenvalue weighted by molar-refractivity contribution is 5.77. The summed E-state index contributed by atoms with van der Waals surface area (Å²) in [7, 11) is 0. The maximum absolute atomic E-state index is 11.9. The van der Waals surface area contributed by atoms with Crippen LogP contribution in [0.2, 0.25) is 0 Å². The van der Waals surface area contributed by atoms with E-state index in [-0.39, 0.29) is 18.9 Å². The van der Waals surface area contributed by atoms with Gasteiger partial charge in [0.15, 0.2) is 5.58 Å². The van der Waals surface area contributed by atoms with Crippen LogP contribution >= 0.6 is 0 Å². The van der Waals surface area contributed by atoms with Crippen LogP contribution < -0.4 is 11.1 Å². The Hall–Kier alpha value is -2.90. The Labute approximate surface area is 131 Å². The van der Waals surface area contributed by atoms with Gasteiger partial charge in [0.2, 0.25) is 5.91 Å². The lowest BCUT2D eigenvalue weighted by Gasteiger charge is -2.06. The summed E-state index contributed by atoms with van der Waals surface area (Å²) in [6.07, 6.45) is 3.24. The van der Waals surface area contributed by atoms with Crippen LogP contribution in [0.15, 0.2) is 40.1 Å². The van der Waals surface area contributed by atoms with Gasteiger partial charge in [-0.05, 0) is 24.6 Å². The van der Waals surface area contributed by atoms with Crippen LogP contribution in [0.4, 0.5) is 0 Å². The van der Waals surface area contributed by atoms with Crippen molar-refractivity contribution in [3.63, 3.8) is 0 Å². The summed E-state index contributed by atoms with van der Waals surface area (Å²) in [6, 6.07) is 5.52. The van der Waals surface area contributed by atoms with E-state index in [1.165, 1.54) is 10.9 Å². The molecule has 0 saturated heterocycles. The molecule has 0 atom stereocenters. The smallest absolute Gasteiger partial charge is 0.408 e. The Morgan fingerprint density at radius 1 is 1.35 bits per heavy atom. The predicted octanol–water partition coefficient (Wildman–Crippen LogP) is 0.701. The molecule has 0 spiro atoms. The van der Waals surface area contributed by atoms with Crippen molar-refractivity contribution in [1.29, 1.82) is 0 Å². The number of benzene rings is 1. The predicted molar refractivity (Wildman–Crippen MR) is 82.9 cm³/mol. The van der Waals surface area contributed by atoms with E-state index in [9.17, 15) is 9.59 Å². The maximum Gasteiger partial charge on any atom is 0.419 e. The van der Waals surface area contributed by atoms with Gasteiger partial charge in [0.25, 0.3) is 0 Å². The van der Waals surface area contributed by atoms with Crippen molar-refractivity contribution < 1.29 is 9.21 Å². The minimum atomic E-state index is -0.444. The molecule has 1 N–H and O–H groups in total. The Balaban J connectivity index is 1.57. The van der Waals surface area contributed by atoms with Gasteiger partial charge in [-0.2, -0.15) is 5.10 Å². The van der Waals surface area contributed by atoms with Crippen LogP contribution in [-0.2, 0) is 17.9 Å². The average molecular weight is 315 g/mol. The molecule has 23 heavy (non-hydrogen) atoms. The number of oxazole rings is 1. The lowest BCUT2D eigenvalue weighted by atomic mass is 10.2. The van der Waals surface area contributed by atoms with Crippen LogP contribution in [0.3, 0.4) is 0 Å². The molecule has 1 aromatic carbocycles. The summed E-state index contributed by atoms with van der Waals surface area (Å²) in [4.78, 5) is 27.6. The van der Waals surface area contributed by atoms with Crippen molar-refractivity contribution in [2.75, 3.05) is 6.54 Å². The SMILES string of the molecule is Cc1ccc2oc(=O)n(CCC(=O)NCCn3cncn3)c2c1. The van der Waals surface area contributed by atoms with Gasteiger partial charge in [0, 0.05) is 19.5 Å². The Morgan fingerprint density at radius 3 is 3.00 bits per heavy atom. The van der Waals surface area contributed by atoms with Crippen LogP contribution in [0.1, 0.15) is 12.0 Å². The molecule has 120 valence electrons. The molecule has 0 radical (unpaired) electrons. The molecule has 0 fully saturated rings. The van der Waals surface area contributed by atoms with Gasteiger partial charge in [0.05, 0.1) is 12.1 Å². The van der Waals surface area contributed by atoms with Gasteiger partial charge in [-0.25, -0.2) is 9.78 Å². The van der Waals surface area contributed by atoms with Crippen molar-refractivity contribution in [3.8, 4) is 0 Å². The summed E-state index contributed by atoms with van der Waals surface area (Å²) in [5.41, 5.74) is 2.28. The minimum absolute atomic E-state index is 0.126. The third-order valence-electron chi connectivity index (χ3n) is 3.52. The Kier molecular flexibility index (Phi) is 4.22. The van der Waals surface area contributed by atoms with Crippen LogP contribution in [-0.4, -0.2) is 31.8 Å². The average Bonchev–Trinajstić information content (AvgIpc) is 3.13. The third-order valence-corrected chi connectivity index (χ3v) is 3.52. The monoisotopic (exact) mass is 315 g/mol. The molecular weight excluding hydrogens is 298 g/mol. The first-order chi connectivity index (χ1) is 11.1. The van der Waals surface area contributed by atoms with Crippen molar-refractivity contribution in [1.82, 2.24) is 24.6 Å². The van der Waals surface area contributed by atoms with Crippen molar-refractivity contribution in [2.24, 2.45) is 0 Å². The molecule has 8 heteroatoms. The van der Waals surface area contributed by atoms with Crippen molar-refractivity contribution >= 4 is 17.0 Å². The van der Waals surface area contributed by atoms with Crippen LogP contribution in [0, 0.1) is 6.92 Å². The molecule has 0 aliphatic heterocycles. The van der Waals surface area contributed by atoms with Crippen molar-refractivity contribution in [3.05, 3.63) is 47.0 Å². The molecular formula is C15H17N5O3. The normalized spacial score (nSPS) is 11.0. The second-order valence-corrected chi connectivity index (χ2v) is 5.25. The van der Waals surface area contributed by atoms with Gasteiger partial charge in [-0.3, -0.25) is 14.0 Å². The highest BCUT2D eigenvalue weighted by atomic mass is 16.4. The van der Waals surface area contributed by atoms with Gasteiger partial charge >= 0.3 is 5.76 Å². The number of carbonyl (C=O) groups is 1. The van der Waals surface area contributed by atoms with E-state index in [1.807, 2.05) is 19.1 Å². The van der Waals surface area contributed by atoms with E-state index >= 15 is 0 Å². The molecule has 2 aromatic heterocycles. The lowest BCUT2D eigenvalue weighted by molar-refractivity contribution is -0.121. The molecule has 3 rings (SSSR count). The number of aryl methyl sites for hydroxylation is 2. The Bertz CT molecular complexity index is 863. The number of aromatic nitrogens is 4. The molecule has 0 aliphatic carbocycles. The Morgan fingerprint density at radius 2 is 2.22 bits per heavy atom. The fourth-order valence-electron chi connectivity index (χ4n) is 2.34. The second-order valence-electron chi connectivity index (χ2n) is 5.25. The minimum Gasteiger partial charge on any atom is -0.408 e. The maximum atomic E-state index is 11.9. The number of carbonyl (C=O) groups excluding carboxylic acids is 1. The number of nitrogens with one attached hydrogen (secondary N) is 1. The van der Waals surface area contributed by atoms with Crippen molar-refractivity contribution in [2.45, 2.75) is 26.4 Å². The zero-order valence-corrected chi connectivity index (χ0v) is 12.7. The molecule has 0 unspecified atom stereocenters. The first kappa shape index (κ1) is 15.0. The number of hydrogen-bond donors (Lipinski definition) is 1. The summed E-state index contributed by atoms with van der Waals surface area (Å²) in [5, 5.41) is 6.74. The highest BCUT2D eigenvalue weighted by Gasteiger charge is 2.10. The van der Waals surface area contributed by atoms with E-state index in [0.717, 1.165) is 5.56 Å². The quantitative estimate of drug-likeness (QED) is 0.722. The molecule has 3 aromatic rings. The van der Waals surface area contributed by atoms with Gasteiger partial charge in [0.1, 0.15) is 12.7 Å². The lowest BCUT2D eigenvalue weighted by Crippen LogP contribution is -2.29. The molecule has 1 amide bonds. The first-order valence-electron chi connectivity index (χ1n) is 7.32. The number of amides is 1. The molecule has 0 saturated carbocycles. The zero-order valence-electron chi connectivity index (χ0n) is 12.7. The van der Waals surface area contributed by atoms with Crippen LogP contribution in [0.5, 0.6) is 0 Å². The number of nitrogens with zero attached hydrogens (tertiary/aromatic N) is 4. The summed E-state index contributed by atoms with van der Waals surface area (Å²) < 4.78 is 8.30. The summed E-state index contributed by atoms with van der Waals surface area (Å²) in [5.74, 6) is -0.569. The fraction of sp³-hybridized carbons (Fsp3) is 0.333. The topological polar surface area (TPSA) is 94.9 Å². The third kappa shape index (κ3) is 3.47. The number of rotatable bonds is 6. The fourth-order valence-corrected chi connectivity index (χ4v) is 2.34. The first-order valence-corrected chi connectivity index (χ1v) is 7.32. The number of hydrogen-bond acceptors (Lipinski definition) is 5. The highest BCUT2D eigenvalue weighted by Crippen LogP contribution is 2.14. The van der Waals surface area contributed by atoms with Gasteiger partial charge in [-0.15, -0.1) is 0 Å². The summed E-state index contributed by atoms with van der Waals surface area (Å²) in [6.45, 7) is 3.24.